The highest BCUT2D eigenvalue weighted by Crippen LogP contribution is 2.57. The number of thiazole rings is 1. The quantitative estimate of drug-likeness (QED) is 0.886. The van der Waals surface area contributed by atoms with Gasteiger partial charge in [0.1, 0.15) is 0 Å². The van der Waals surface area contributed by atoms with Crippen LogP contribution in [0.5, 0.6) is 0 Å². The molecule has 3 heteroatoms. The maximum atomic E-state index is 4.72. The van der Waals surface area contributed by atoms with E-state index in [1.54, 1.807) is 0 Å². The normalized spacial score (nSPS) is 33.5. The van der Waals surface area contributed by atoms with E-state index in [9.17, 15) is 0 Å². The predicted molar refractivity (Wildman–Crippen MR) is 81.6 cm³/mol. The van der Waals surface area contributed by atoms with Gasteiger partial charge in [0.15, 0.2) is 0 Å². The zero-order valence-electron chi connectivity index (χ0n) is 12.4. The van der Waals surface area contributed by atoms with Gasteiger partial charge in [-0.1, -0.05) is 20.3 Å². The summed E-state index contributed by atoms with van der Waals surface area (Å²) >= 11 is 1.86. The number of nitrogens with zero attached hydrogens (tertiary/aromatic N) is 1. The number of aryl methyl sites for hydroxylation is 1. The Labute approximate surface area is 121 Å². The predicted octanol–water partition coefficient (Wildman–Crippen LogP) is 3.80. The van der Waals surface area contributed by atoms with Crippen molar-refractivity contribution in [2.75, 3.05) is 6.54 Å². The molecule has 2 saturated carbocycles. The van der Waals surface area contributed by atoms with Gasteiger partial charge in [0.25, 0.3) is 0 Å². The van der Waals surface area contributed by atoms with Crippen molar-refractivity contribution in [1.82, 2.24) is 10.3 Å². The highest BCUT2D eigenvalue weighted by atomic mass is 32.1. The Bertz CT molecular complexity index is 440. The summed E-state index contributed by atoms with van der Waals surface area (Å²) in [5.74, 6) is 1.94. The second-order valence-corrected chi connectivity index (χ2v) is 7.98. The topological polar surface area (TPSA) is 24.9 Å². The molecule has 3 rings (SSSR count). The lowest BCUT2D eigenvalue weighted by atomic mass is 9.70. The molecule has 3 atom stereocenters. The molecule has 0 aromatic carbocycles. The standard InChI is InChI=1S/C16H26N2S/c1-11(2)17-10-16(7-13-4-5-14(16)6-13)8-15-18-12(3)9-19-15/h9,11,13-14,17H,4-8,10H2,1-3H3. The van der Waals surface area contributed by atoms with Gasteiger partial charge >= 0.3 is 0 Å². The fourth-order valence-electron chi connectivity index (χ4n) is 4.25. The van der Waals surface area contributed by atoms with Crippen molar-refractivity contribution in [2.24, 2.45) is 17.3 Å². The van der Waals surface area contributed by atoms with Crippen LogP contribution in [-0.4, -0.2) is 17.6 Å². The molecule has 19 heavy (non-hydrogen) atoms. The van der Waals surface area contributed by atoms with Crippen LogP contribution >= 0.6 is 11.3 Å². The van der Waals surface area contributed by atoms with Crippen molar-refractivity contribution >= 4 is 11.3 Å². The first-order chi connectivity index (χ1) is 9.07. The smallest absolute Gasteiger partial charge is 0.0934 e. The van der Waals surface area contributed by atoms with Crippen LogP contribution in [0.2, 0.25) is 0 Å². The van der Waals surface area contributed by atoms with Crippen LogP contribution in [-0.2, 0) is 6.42 Å². The molecule has 1 N–H and O–H groups in total. The van der Waals surface area contributed by atoms with E-state index in [2.05, 4.69) is 31.5 Å². The zero-order valence-corrected chi connectivity index (χ0v) is 13.2. The van der Waals surface area contributed by atoms with Gasteiger partial charge in [-0.25, -0.2) is 4.98 Å². The lowest BCUT2D eigenvalue weighted by Gasteiger charge is -2.38. The molecule has 1 aromatic heterocycles. The van der Waals surface area contributed by atoms with Crippen molar-refractivity contribution in [1.29, 1.82) is 0 Å². The Balaban J connectivity index is 1.76. The Morgan fingerprint density at radius 2 is 2.32 bits per heavy atom. The van der Waals surface area contributed by atoms with Gasteiger partial charge in [-0.3, -0.25) is 0 Å². The molecule has 2 nitrogen and oxygen atoms in total. The molecule has 1 heterocycles. The molecule has 0 aliphatic heterocycles. The van der Waals surface area contributed by atoms with Crippen molar-refractivity contribution in [3.63, 3.8) is 0 Å². The van der Waals surface area contributed by atoms with Gasteiger partial charge < -0.3 is 5.32 Å². The summed E-state index contributed by atoms with van der Waals surface area (Å²) in [6.07, 6.45) is 7.03. The van der Waals surface area contributed by atoms with E-state index in [-0.39, 0.29) is 0 Å². The van der Waals surface area contributed by atoms with Gasteiger partial charge in [-0.2, -0.15) is 0 Å². The van der Waals surface area contributed by atoms with Crippen molar-refractivity contribution < 1.29 is 0 Å². The van der Waals surface area contributed by atoms with Crippen LogP contribution in [0.4, 0.5) is 0 Å². The van der Waals surface area contributed by atoms with Gasteiger partial charge in [0.05, 0.1) is 5.01 Å². The molecular formula is C16H26N2S. The average Bonchev–Trinajstić information content (AvgIpc) is 3.03. The minimum absolute atomic E-state index is 0.497. The SMILES string of the molecule is Cc1csc(CC2(CNC(C)C)CC3CCC2C3)n1. The van der Waals surface area contributed by atoms with Gasteiger partial charge in [-0.05, 0) is 43.4 Å². The molecule has 0 spiro atoms. The molecule has 2 fully saturated rings. The number of rotatable bonds is 5. The largest absolute Gasteiger partial charge is 0.314 e. The molecule has 1 aromatic rings. The van der Waals surface area contributed by atoms with E-state index >= 15 is 0 Å². The number of hydrogen-bond acceptors (Lipinski definition) is 3. The van der Waals surface area contributed by atoms with E-state index in [0.717, 1.165) is 11.8 Å². The fraction of sp³-hybridized carbons (Fsp3) is 0.812. The van der Waals surface area contributed by atoms with Crippen molar-refractivity contribution in [3.05, 3.63) is 16.1 Å². The number of nitrogens with one attached hydrogen (secondary N) is 1. The highest BCUT2D eigenvalue weighted by molar-refractivity contribution is 7.09. The van der Waals surface area contributed by atoms with E-state index in [1.807, 2.05) is 11.3 Å². The fourth-order valence-corrected chi connectivity index (χ4v) is 5.17. The third kappa shape index (κ3) is 2.73. The molecule has 2 bridgehead atoms. The summed E-state index contributed by atoms with van der Waals surface area (Å²) in [4.78, 5) is 4.72. The minimum Gasteiger partial charge on any atom is -0.314 e. The van der Waals surface area contributed by atoms with E-state index in [4.69, 9.17) is 4.98 Å². The molecular weight excluding hydrogens is 252 g/mol. The first-order valence-electron chi connectivity index (χ1n) is 7.72. The number of aromatic nitrogens is 1. The van der Waals surface area contributed by atoms with E-state index < -0.39 is 0 Å². The van der Waals surface area contributed by atoms with Crippen LogP contribution < -0.4 is 5.32 Å². The van der Waals surface area contributed by atoms with Gasteiger partial charge in [-0.15, -0.1) is 11.3 Å². The summed E-state index contributed by atoms with van der Waals surface area (Å²) in [6.45, 7) is 7.81. The van der Waals surface area contributed by atoms with Crippen LogP contribution in [0, 0.1) is 24.2 Å². The summed E-state index contributed by atoms with van der Waals surface area (Å²) in [6, 6.07) is 0.592. The van der Waals surface area contributed by atoms with Gasteiger partial charge in [0.2, 0.25) is 0 Å². The first-order valence-corrected chi connectivity index (χ1v) is 8.60. The van der Waals surface area contributed by atoms with Crippen LogP contribution in [0.3, 0.4) is 0 Å². The maximum absolute atomic E-state index is 4.72. The summed E-state index contributed by atoms with van der Waals surface area (Å²) in [5, 5.41) is 7.27. The lowest BCUT2D eigenvalue weighted by molar-refractivity contribution is 0.152. The third-order valence-corrected chi connectivity index (χ3v) is 6.10. The van der Waals surface area contributed by atoms with E-state index in [1.165, 1.54) is 49.4 Å². The Morgan fingerprint density at radius 1 is 1.47 bits per heavy atom. The Hall–Kier alpha value is -0.410. The molecule has 2 aliphatic rings. The minimum atomic E-state index is 0.497. The molecule has 106 valence electrons. The van der Waals surface area contributed by atoms with Crippen molar-refractivity contribution in [2.45, 2.75) is 58.9 Å². The molecule has 0 radical (unpaired) electrons. The maximum Gasteiger partial charge on any atom is 0.0934 e. The first kappa shape index (κ1) is 13.6. The monoisotopic (exact) mass is 278 g/mol. The van der Waals surface area contributed by atoms with Crippen LogP contribution in [0.25, 0.3) is 0 Å². The average molecular weight is 278 g/mol. The highest BCUT2D eigenvalue weighted by Gasteiger charge is 2.50. The lowest BCUT2D eigenvalue weighted by Crippen LogP contribution is -2.42. The molecule has 2 aliphatic carbocycles. The third-order valence-electron chi connectivity index (χ3n) is 5.13. The summed E-state index contributed by atoms with van der Waals surface area (Å²) in [5.41, 5.74) is 1.69. The summed E-state index contributed by atoms with van der Waals surface area (Å²) < 4.78 is 0. The number of fused-ring (bicyclic) bond motifs is 2. The number of hydrogen-bond donors (Lipinski definition) is 1. The second kappa shape index (κ2) is 5.17. The van der Waals surface area contributed by atoms with Crippen LogP contribution in [0.15, 0.2) is 5.38 Å². The Morgan fingerprint density at radius 3 is 2.84 bits per heavy atom. The summed E-state index contributed by atoms with van der Waals surface area (Å²) in [7, 11) is 0. The Kier molecular flexibility index (Phi) is 3.69. The second-order valence-electron chi connectivity index (χ2n) is 7.04. The molecule has 3 unspecified atom stereocenters. The molecule has 0 amide bonds. The van der Waals surface area contributed by atoms with Crippen LogP contribution in [0.1, 0.15) is 50.2 Å². The van der Waals surface area contributed by atoms with Crippen molar-refractivity contribution in [3.8, 4) is 0 Å². The van der Waals surface area contributed by atoms with Gasteiger partial charge in [0, 0.05) is 30.1 Å². The molecule has 0 saturated heterocycles. The van der Waals surface area contributed by atoms with E-state index in [0.29, 0.717) is 11.5 Å². The zero-order chi connectivity index (χ0) is 13.5.